The Hall–Kier alpha value is -1.72. The van der Waals surface area contributed by atoms with Crippen LogP contribution in [0.4, 0.5) is 5.69 Å². The van der Waals surface area contributed by atoms with E-state index in [0.29, 0.717) is 6.54 Å². The summed E-state index contributed by atoms with van der Waals surface area (Å²) >= 11 is 5.22. The summed E-state index contributed by atoms with van der Waals surface area (Å²) in [5.41, 5.74) is 4.98. The van der Waals surface area contributed by atoms with Gasteiger partial charge in [-0.1, -0.05) is 45.8 Å². The van der Waals surface area contributed by atoms with Crippen LogP contribution in [0.1, 0.15) is 32.1 Å². The fraction of sp³-hybridized carbons (Fsp3) is 0.318. The molecule has 140 valence electrons. The van der Waals surface area contributed by atoms with Crippen molar-refractivity contribution in [3.8, 4) is 11.1 Å². The second-order valence-corrected chi connectivity index (χ2v) is 8.97. The van der Waals surface area contributed by atoms with Crippen LogP contribution in [0.5, 0.6) is 0 Å². The highest BCUT2D eigenvalue weighted by atomic mass is 79.9. The summed E-state index contributed by atoms with van der Waals surface area (Å²) in [7, 11) is 0. The molecule has 2 aromatic carbocycles. The van der Waals surface area contributed by atoms with Gasteiger partial charge < -0.3 is 9.62 Å². The van der Waals surface area contributed by atoms with Crippen molar-refractivity contribution in [3.05, 3.63) is 58.6 Å². The molecule has 1 amide bonds. The lowest BCUT2D eigenvalue weighted by Gasteiger charge is -2.31. The minimum absolute atomic E-state index is 0.0761. The summed E-state index contributed by atoms with van der Waals surface area (Å²) in [6, 6.07) is 14.6. The lowest BCUT2D eigenvalue weighted by atomic mass is 9.97. The molecular weight excluding hydrogens is 420 g/mol. The van der Waals surface area contributed by atoms with E-state index in [9.17, 15) is 4.79 Å². The van der Waals surface area contributed by atoms with Crippen LogP contribution < -0.4 is 9.62 Å². The van der Waals surface area contributed by atoms with E-state index in [1.165, 1.54) is 47.3 Å². The second kappa shape index (κ2) is 8.53. The van der Waals surface area contributed by atoms with Gasteiger partial charge >= 0.3 is 0 Å². The molecule has 0 atom stereocenters. The Kier molecular flexibility index (Phi) is 5.89. The van der Waals surface area contributed by atoms with Crippen LogP contribution in [0.15, 0.2) is 63.5 Å². The van der Waals surface area contributed by atoms with Gasteiger partial charge in [-0.05, 0) is 73.9 Å². The number of nitrogens with zero attached hydrogens (tertiary/aromatic N) is 1. The predicted molar refractivity (Wildman–Crippen MR) is 117 cm³/mol. The number of fused-ring (bicyclic) bond motifs is 3. The van der Waals surface area contributed by atoms with Gasteiger partial charge in [-0.15, -0.1) is 0 Å². The van der Waals surface area contributed by atoms with E-state index >= 15 is 0 Å². The third-order valence-corrected chi connectivity index (χ3v) is 6.65. The Morgan fingerprint density at radius 3 is 2.89 bits per heavy atom. The fourth-order valence-corrected chi connectivity index (χ4v) is 5.13. The standard InChI is InChI=1S/C22H23BrN2OS/c23-17-10-11-20-19(14-17)18-8-4-5-9-21(18)27-25(20)15-22(26)24-13-12-16-6-2-1-3-7-16/h4-6,8-11,14H,1-3,7,12-13,15H2,(H,24,26). The zero-order valence-electron chi connectivity index (χ0n) is 15.2. The fourth-order valence-electron chi connectivity index (χ4n) is 3.68. The first-order chi connectivity index (χ1) is 13.2. The molecule has 0 aromatic heterocycles. The van der Waals surface area contributed by atoms with Crippen LogP contribution in [-0.2, 0) is 4.79 Å². The Morgan fingerprint density at radius 2 is 2.04 bits per heavy atom. The third-order valence-electron chi connectivity index (χ3n) is 5.05. The molecule has 4 rings (SSSR count). The van der Waals surface area contributed by atoms with Crippen LogP contribution in [-0.4, -0.2) is 19.0 Å². The molecule has 5 heteroatoms. The number of anilines is 1. The van der Waals surface area contributed by atoms with Gasteiger partial charge in [0.15, 0.2) is 0 Å². The van der Waals surface area contributed by atoms with E-state index in [1.54, 1.807) is 11.9 Å². The van der Waals surface area contributed by atoms with Crippen LogP contribution >= 0.6 is 27.9 Å². The molecule has 1 aliphatic heterocycles. The highest BCUT2D eigenvalue weighted by Crippen LogP contribution is 2.46. The van der Waals surface area contributed by atoms with Crippen LogP contribution in [0, 0.1) is 0 Å². The molecule has 0 radical (unpaired) electrons. The van der Waals surface area contributed by atoms with Gasteiger partial charge in [0.05, 0.1) is 5.69 Å². The average molecular weight is 443 g/mol. The van der Waals surface area contributed by atoms with E-state index < -0.39 is 0 Å². The molecule has 0 saturated carbocycles. The third kappa shape index (κ3) is 4.41. The zero-order chi connectivity index (χ0) is 18.6. The lowest BCUT2D eigenvalue weighted by molar-refractivity contribution is -0.119. The summed E-state index contributed by atoms with van der Waals surface area (Å²) in [6.45, 7) is 1.08. The van der Waals surface area contributed by atoms with Gasteiger partial charge in [0.25, 0.3) is 0 Å². The number of rotatable bonds is 5. The number of hydrogen-bond donors (Lipinski definition) is 1. The lowest BCUT2D eigenvalue weighted by Crippen LogP contribution is -2.35. The SMILES string of the molecule is O=C(CN1Sc2ccccc2-c2cc(Br)ccc21)NCCC1=CCCCC1. The summed E-state index contributed by atoms with van der Waals surface area (Å²) in [5, 5.41) is 3.10. The Morgan fingerprint density at radius 1 is 1.15 bits per heavy atom. The van der Waals surface area contributed by atoms with Crippen LogP contribution in [0.3, 0.4) is 0 Å². The number of benzene rings is 2. The Balaban J connectivity index is 1.43. The van der Waals surface area contributed by atoms with Crippen molar-refractivity contribution in [1.82, 2.24) is 5.32 Å². The van der Waals surface area contributed by atoms with Crippen molar-refractivity contribution >= 4 is 39.5 Å². The molecule has 0 saturated heterocycles. The van der Waals surface area contributed by atoms with Gasteiger partial charge in [-0.25, -0.2) is 0 Å². The van der Waals surface area contributed by atoms with Crippen molar-refractivity contribution in [1.29, 1.82) is 0 Å². The highest BCUT2D eigenvalue weighted by molar-refractivity contribution is 9.10. The number of amides is 1. The first-order valence-electron chi connectivity index (χ1n) is 9.50. The van der Waals surface area contributed by atoms with Crippen molar-refractivity contribution in [2.45, 2.75) is 37.0 Å². The molecule has 0 fully saturated rings. The molecule has 3 nitrogen and oxygen atoms in total. The number of carbonyl (C=O) groups is 1. The molecule has 0 unspecified atom stereocenters. The summed E-state index contributed by atoms with van der Waals surface area (Å²) < 4.78 is 3.15. The summed E-state index contributed by atoms with van der Waals surface area (Å²) in [4.78, 5) is 13.7. The molecular formula is C22H23BrN2OS. The van der Waals surface area contributed by atoms with E-state index in [4.69, 9.17) is 0 Å². The molecule has 0 spiro atoms. The van der Waals surface area contributed by atoms with Crippen LogP contribution in [0.2, 0.25) is 0 Å². The number of allylic oxidation sites excluding steroid dienone is 1. The monoisotopic (exact) mass is 442 g/mol. The molecule has 2 aromatic rings. The maximum atomic E-state index is 12.5. The van der Waals surface area contributed by atoms with E-state index in [0.717, 1.165) is 23.1 Å². The maximum absolute atomic E-state index is 12.5. The maximum Gasteiger partial charge on any atom is 0.240 e. The highest BCUT2D eigenvalue weighted by Gasteiger charge is 2.24. The average Bonchev–Trinajstić information content (AvgIpc) is 2.69. The Bertz CT molecular complexity index is 880. The molecule has 1 aliphatic carbocycles. The molecule has 1 N–H and O–H groups in total. The van der Waals surface area contributed by atoms with Gasteiger partial charge in [0.1, 0.15) is 6.54 Å². The van der Waals surface area contributed by atoms with Gasteiger partial charge in [-0.2, -0.15) is 0 Å². The van der Waals surface area contributed by atoms with Crippen molar-refractivity contribution in [2.24, 2.45) is 0 Å². The minimum atomic E-state index is 0.0761. The predicted octanol–water partition coefficient (Wildman–Crippen LogP) is 5.95. The second-order valence-electron chi connectivity index (χ2n) is 6.99. The van der Waals surface area contributed by atoms with Crippen molar-refractivity contribution < 1.29 is 4.79 Å². The number of hydrogen-bond acceptors (Lipinski definition) is 3. The van der Waals surface area contributed by atoms with E-state index in [1.807, 2.05) is 12.1 Å². The zero-order valence-corrected chi connectivity index (χ0v) is 17.6. The minimum Gasteiger partial charge on any atom is -0.354 e. The number of halogens is 1. The molecule has 27 heavy (non-hydrogen) atoms. The molecule has 2 aliphatic rings. The van der Waals surface area contributed by atoms with Crippen molar-refractivity contribution in [3.63, 3.8) is 0 Å². The first kappa shape index (κ1) is 18.6. The van der Waals surface area contributed by atoms with E-state index in [2.05, 4.69) is 62.0 Å². The topological polar surface area (TPSA) is 32.3 Å². The normalized spacial score (nSPS) is 15.6. The smallest absolute Gasteiger partial charge is 0.240 e. The molecule has 1 heterocycles. The van der Waals surface area contributed by atoms with Crippen molar-refractivity contribution in [2.75, 3.05) is 17.4 Å². The number of nitrogens with one attached hydrogen (secondary N) is 1. The number of carbonyl (C=O) groups excluding carboxylic acids is 1. The molecule has 0 bridgehead atoms. The van der Waals surface area contributed by atoms with Gasteiger partial charge in [0, 0.05) is 21.5 Å². The first-order valence-corrected chi connectivity index (χ1v) is 11.1. The van der Waals surface area contributed by atoms with Gasteiger partial charge in [0.2, 0.25) is 5.91 Å². The quantitative estimate of drug-likeness (QED) is 0.458. The summed E-state index contributed by atoms with van der Waals surface area (Å²) in [5.74, 6) is 0.0761. The van der Waals surface area contributed by atoms with Crippen LogP contribution in [0.25, 0.3) is 11.1 Å². The largest absolute Gasteiger partial charge is 0.354 e. The van der Waals surface area contributed by atoms with E-state index in [-0.39, 0.29) is 5.91 Å². The van der Waals surface area contributed by atoms with Gasteiger partial charge in [-0.3, -0.25) is 4.79 Å². The Labute approximate surface area is 173 Å². The summed E-state index contributed by atoms with van der Waals surface area (Å²) in [6.07, 6.45) is 8.30.